The van der Waals surface area contributed by atoms with E-state index in [1.54, 1.807) is 13.3 Å². The maximum absolute atomic E-state index is 5.87. The molecule has 33 heavy (non-hydrogen) atoms. The van der Waals surface area contributed by atoms with Crippen LogP contribution >= 0.6 is 0 Å². The monoisotopic (exact) mass is 444 g/mol. The number of nitrogens with two attached hydrogens (primary N) is 1. The lowest BCUT2D eigenvalue weighted by atomic mass is 9.76. The highest BCUT2D eigenvalue weighted by molar-refractivity contribution is 5.66. The standard InChI is InChI=1S/C25H28N6O2/c1-16-12-18(13-27-22(16)26)17-4-6-20(7-5-17)25(2,21-8-9-21)24-29-23(33-30-24)19-14-28-31(15-19)10-11-32-3/h4-7,12-15,21H,8-11H2,1-3H3,(H2,26,27)/t25-/m1/s1. The maximum atomic E-state index is 5.87. The van der Waals surface area contributed by atoms with Gasteiger partial charge in [0.1, 0.15) is 5.82 Å². The normalized spacial score (nSPS) is 15.5. The lowest BCUT2D eigenvalue weighted by Gasteiger charge is -2.27. The molecular formula is C25H28N6O2. The van der Waals surface area contributed by atoms with Crippen LogP contribution in [0, 0.1) is 12.8 Å². The zero-order valence-electron chi connectivity index (χ0n) is 19.2. The first-order chi connectivity index (χ1) is 16.0. The van der Waals surface area contributed by atoms with Gasteiger partial charge in [0.2, 0.25) is 0 Å². The van der Waals surface area contributed by atoms with Crippen LogP contribution in [0.25, 0.3) is 22.6 Å². The predicted octanol–water partition coefficient (Wildman–Crippen LogP) is 4.25. The Kier molecular flexibility index (Phi) is 5.46. The second kappa shape index (κ2) is 8.44. The number of aryl methyl sites for hydroxylation is 1. The van der Waals surface area contributed by atoms with Crippen molar-refractivity contribution in [3.63, 3.8) is 0 Å². The number of nitrogens with zero attached hydrogens (tertiary/aromatic N) is 5. The quantitative estimate of drug-likeness (QED) is 0.433. The number of rotatable bonds is 8. The lowest BCUT2D eigenvalue weighted by Crippen LogP contribution is -2.28. The van der Waals surface area contributed by atoms with Gasteiger partial charge >= 0.3 is 0 Å². The van der Waals surface area contributed by atoms with Crippen molar-refractivity contribution in [2.24, 2.45) is 5.92 Å². The van der Waals surface area contributed by atoms with E-state index < -0.39 is 0 Å². The molecule has 3 aromatic heterocycles. The Hall–Kier alpha value is -3.52. The van der Waals surface area contributed by atoms with Gasteiger partial charge in [-0.3, -0.25) is 4.68 Å². The summed E-state index contributed by atoms with van der Waals surface area (Å²) in [7, 11) is 1.67. The summed E-state index contributed by atoms with van der Waals surface area (Å²) in [6.45, 7) is 5.45. The summed E-state index contributed by atoms with van der Waals surface area (Å²) in [5, 5.41) is 8.76. The molecule has 8 nitrogen and oxygen atoms in total. The first-order valence-electron chi connectivity index (χ1n) is 11.2. The third-order valence-corrected chi connectivity index (χ3v) is 6.63. The van der Waals surface area contributed by atoms with Crippen LogP contribution in [0.15, 0.2) is 53.4 Å². The highest BCUT2D eigenvalue weighted by Gasteiger charge is 2.47. The number of aromatic nitrogens is 5. The fraction of sp³-hybridized carbons (Fsp3) is 0.360. The van der Waals surface area contributed by atoms with Crippen molar-refractivity contribution in [3.05, 3.63) is 65.9 Å². The van der Waals surface area contributed by atoms with Crippen LogP contribution < -0.4 is 5.73 Å². The van der Waals surface area contributed by atoms with Crippen molar-refractivity contribution in [3.8, 4) is 22.6 Å². The molecule has 0 radical (unpaired) electrons. The Morgan fingerprint density at radius 3 is 2.64 bits per heavy atom. The Morgan fingerprint density at radius 1 is 1.15 bits per heavy atom. The largest absolute Gasteiger partial charge is 0.383 e. The van der Waals surface area contributed by atoms with Crippen molar-refractivity contribution in [1.82, 2.24) is 24.9 Å². The summed E-state index contributed by atoms with van der Waals surface area (Å²) < 4.78 is 12.6. The second-order valence-electron chi connectivity index (χ2n) is 8.89. The number of hydrogen-bond acceptors (Lipinski definition) is 7. The number of hydrogen-bond donors (Lipinski definition) is 1. The minimum atomic E-state index is -0.318. The second-order valence-corrected chi connectivity index (χ2v) is 8.89. The highest BCUT2D eigenvalue weighted by Crippen LogP contribution is 2.50. The fourth-order valence-electron chi connectivity index (χ4n) is 4.29. The van der Waals surface area contributed by atoms with Gasteiger partial charge in [-0.25, -0.2) is 4.98 Å². The minimum absolute atomic E-state index is 0.318. The van der Waals surface area contributed by atoms with Crippen LogP contribution in [-0.2, 0) is 16.7 Å². The summed E-state index contributed by atoms with van der Waals surface area (Å²) >= 11 is 0. The number of anilines is 1. The predicted molar refractivity (Wildman–Crippen MR) is 125 cm³/mol. The smallest absolute Gasteiger partial charge is 0.261 e. The van der Waals surface area contributed by atoms with E-state index in [-0.39, 0.29) is 5.41 Å². The molecule has 3 heterocycles. The van der Waals surface area contributed by atoms with Crippen molar-refractivity contribution < 1.29 is 9.26 Å². The van der Waals surface area contributed by atoms with Gasteiger partial charge in [-0.05, 0) is 55.4 Å². The SMILES string of the molecule is COCCn1cc(-c2nc([C@](C)(c3ccc(-c4cnc(N)c(C)c4)cc3)C3CC3)no2)cn1. The Morgan fingerprint density at radius 2 is 1.94 bits per heavy atom. The van der Waals surface area contributed by atoms with Gasteiger partial charge in [0, 0.05) is 25.1 Å². The molecule has 1 fully saturated rings. The minimum Gasteiger partial charge on any atom is -0.383 e. The molecule has 4 aromatic rings. The van der Waals surface area contributed by atoms with Crippen LogP contribution in [0.3, 0.4) is 0 Å². The molecule has 1 saturated carbocycles. The highest BCUT2D eigenvalue weighted by atomic mass is 16.5. The molecule has 1 aliphatic rings. The summed E-state index contributed by atoms with van der Waals surface area (Å²) in [6, 6.07) is 10.7. The first kappa shape index (κ1) is 21.3. The van der Waals surface area contributed by atoms with Crippen LogP contribution in [0.1, 0.15) is 36.7 Å². The third kappa shape index (κ3) is 4.02. The Labute approximate surface area is 192 Å². The third-order valence-electron chi connectivity index (χ3n) is 6.63. The molecule has 5 rings (SSSR count). The molecule has 170 valence electrons. The van der Waals surface area contributed by atoms with E-state index in [1.807, 2.05) is 24.0 Å². The average molecular weight is 445 g/mol. The van der Waals surface area contributed by atoms with Gasteiger partial charge in [-0.1, -0.05) is 29.4 Å². The van der Waals surface area contributed by atoms with Crippen LogP contribution in [0.5, 0.6) is 0 Å². The summed E-state index contributed by atoms with van der Waals surface area (Å²) in [4.78, 5) is 9.09. The van der Waals surface area contributed by atoms with E-state index in [0.29, 0.717) is 36.6 Å². The van der Waals surface area contributed by atoms with E-state index in [0.717, 1.165) is 35.1 Å². The molecule has 0 amide bonds. The van der Waals surface area contributed by atoms with Crippen LogP contribution in [0.2, 0.25) is 0 Å². The molecule has 0 spiro atoms. The van der Waals surface area contributed by atoms with E-state index in [2.05, 4.69) is 52.5 Å². The molecule has 0 saturated heterocycles. The van der Waals surface area contributed by atoms with Gasteiger partial charge < -0.3 is 15.0 Å². The number of ether oxygens (including phenoxy) is 1. The van der Waals surface area contributed by atoms with Gasteiger partial charge in [-0.15, -0.1) is 0 Å². The number of pyridine rings is 1. The Bertz CT molecular complexity index is 1260. The molecule has 1 aromatic carbocycles. The molecule has 0 bridgehead atoms. The summed E-state index contributed by atoms with van der Waals surface area (Å²) in [5.74, 6) is 2.25. The van der Waals surface area contributed by atoms with E-state index in [9.17, 15) is 0 Å². The van der Waals surface area contributed by atoms with Gasteiger partial charge in [0.05, 0.1) is 30.3 Å². The van der Waals surface area contributed by atoms with E-state index in [1.165, 1.54) is 5.56 Å². The summed E-state index contributed by atoms with van der Waals surface area (Å²) in [6.07, 6.45) is 7.77. The molecule has 1 atom stereocenters. The average Bonchev–Trinajstić information content (AvgIpc) is 3.38. The number of methoxy groups -OCH3 is 1. The topological polar surface area (TPSA) is 105 Å². The van der Waals surface area contributed by atoms with Crippen LogP contribution in [-0.4, -0.2) is 38.6 Å². The van der Waals surface area contributed by atoms with Crippen molar-refractivity contribution in [1.29, 1.82) is 0 Å². The molecule has 0 aliphatic heterocycles. The van der Waals surface area contributed by atoms with Crippen molar-refractivity contribution in [2.75, 3.05) is 19.5 Å². The van der Waals surface area contributed by atoms with Crippen molar-refractivity contribution >= 4 is 5.82 Å². The summed E-state index contributed by atoms with van der Waals surface area (Å²) in [5.41, 5.74) is 10.7. The maximum Gasteiger partial charge on any atom is 0.261 e. The molecule has 2 N–H and O–H groups in total. The zero-order valence-corrected chi connectivity index (χ0v) is 19.2. The van der Waals surface area contributed by atoms with Gasteiger partial charge in [-0.2, -0.15) is 10.1 Å². The molecular weight excluding hydrogens is 416 g/mol. The fourth-order valence-corrected chi connectivity index (χ4v) is 4.29. The van der Waals surface area contributed by atoms with E-state index >= 15 is 0 Å². The Balaban J connectivity index is 1.43. The van der Waals surface area contributed by atoms with Crippen molar-refractivity contribution in [2.45, 2.75) is 38.6 Å². The molecule has 1 aliphatic carbocycles. The number of nitrogen functional groups attached to an aromatic ring is 1. The van der Waals surface area contributed by atoms with Gasteiger partial charge in [0.15, 0.2) is 5.82 Å². The lowest BCUT2D eigenvalue weighted by molar-refractivity contribution is 0.183. The molecule has 8 heteroatoms. The van der Waals surface area contributed by atoms with E-state index in [4.69, 9.17) is 20.0 Å². The van der Waals surface area contributed by atoms with Gasteiger partial charge in [0.25, 0.3) is 5.89 Å². The molecule has 0 unspecified atom stereocenters. The van der Waals surface area contributed by atoms with Crippen LogP contribution in [0.4, 0.5) is 5.82 Å². The zero-order chi connectivity index (χ0) is 23.0. The number of benzene rings is 1. The first-order valence-corrected chi connectivity index (χ1v) is 11.2.